The number of amides is 2. The maximum Gasteiger partial charge on any atom is 0.414 e. The molecule has 0 fully saturated rings. The van der Waals surface area contributed by atoms with Crippen molar-refractivity contribution in [3.05, 3.63) is 59.2 Å². The van der Waals surface area contributed by atoms with Crippen LogP contribution < -0.4 is 24.3 Å². The molecule has 35 heavy (non-hydrogen) atoms. The molecular weight excluding hydrogens is 450 g/mol. The Morgan fingerprint density at radius 3 is 1.83 bits per heavy atom. The lowest BCUT2D eigenvalue weighted by Crippen LogP contribution is -2.37. The Kier molecular flexibility index (Phi) is 9.75. The van der Waals surface area contributed by atoms with Crippen molar-refractivity contribution in [1.82, 2.24) is 5.32 Å². The smallest absolute Gasteiger partial charge is 0.414 e. The van der Waals surface area contributed by atoms with Crippen LogP contribution in [-0.4, -0.2) is 46.0 Å². The second-order valence-corrected chi connectivity index (χ2v) is 8.46. The zero-order chi connectivity index (χ0) is 26.0. The molecule has 8 heteroatoms. The second-order valence-electron chi connectivity index (χ2n) is 8.46. The molecule has 2 aromatic carbocycles. The molecule has 0 aliphatic rings. The van der Waals surface area contributed by atoms with Crippen molar-refractivity contribution < 1.29 is 33.3 Å². The number of hydrogen-bond acceptors (Lipinski definition) is 7. The van der Waals surface area contributed by atoms with Gasteiger partial charge in [0.05, 0.1) is 28.4 Å². The van der Waals surface area contributed by atoms with Crippen molar-refractivity contribution in [3.63, 3.8) is 0 Å². The van der Waals surface area contributed by atoms with Crippen LogP contribution >= 0.6 is 0 Å². The summed E-state index contributed by atoms with van der Waals surface area (Å²) in [5.41, 5.74) is 1.18. The van der Waals surface area contributed by atoms with Crippen LogP contribution in [0, 0.1) is 0 Å². The number of methoxy groups -OCH3 is 4. The number of alkyl carbamates (subject to hydrolysis) is 1. The molecule has 0 atom stereocenters. The van der Waals surface area contributed by atoms with Gasteiger partial charge in [-0.3, -0.25) is 10.1 Å². The predicted molar refractivity (Wildman–Crippen MR) is 135 cm³/mol. The van der Waals surface area contributed by atoms with Gasteiger partial charge in [-0.15, -0.1) is 0 Å². The largest absolute Gasteiger partial charge is 0.493 e. The van der Waals surface area contributed by atoms with E-state index in [1.807, 2.05) is 24.3 Å². The van der Waals surface area contributed by atoms with E-state index >= 15 is 0 Å². The molecule has 188 valence electrons. The van der Waals surface area contributed by atoms with E-state index in [2.05, 4.69) is 5.32 Å². The van der Waals surface area contributed by atoms with Gasteiger partial charge < -0.3 is 23.7 Å². The highest BCUT2D eigenvalue weighted by atomic mass is 16.6. The Bertz CT molecular complexity index is 1100. The van der Waals surface area contributed by atoms with Crippen molar-refractivity contribution in [3.8, 4) is 23.0 Å². The van der Waals surface area contributed by atoms with Crippen molar-refractivity contribution in [2.24, 2.45) is 0 Å². The number of benzene rings is 2. The Hall–Kier alpha value is -3.94. The first-order chi connectivity index (χ1) is 16.6. The monoisotopic (exact) mass is 483 g/mol. The zero-order valence-corrected chi connectivity index (χ0v) is 21.3. The van der Waals surface area contributed by atoms with Gasteiger partial charge in [-0.05, 0) is 68.7 Å². The lowest BCUT2D eigenvalue weighted by Gasteiger charge is -2.19. The van der Waals surface area contributed by atoms with Crippen LogP contribution in [0.15, 0.2) is 48.0 Å². The van der Waals surface area contributed by atoms with E-state index in [9.17, 15) is 9.59 Å². The Morgan fingerprint density at radius 1 is 0.800 bits per heavy atom. The van der Waals surface area contributed by atoms with E-state index < -0.39 is 17.6 Å². The van der Waals surface area contributed by atoms with Gasteiger partial charge in [0.15, 0.2) is 23.0 Å². The average molecular weight is 484 g/mol. The highest BCUT2D eigenvalue weighted by Crippen LogP contribution is 2.30. The van der Waals surface area contributed by atoms with Gasteiger partial charge in [-0.1, -0.05) is 24.3 Å². The number of carbonyl (C=O) groups is 2. The summed E-state index contributed by atoms with van der Waals surface area (Å²) in [6, 6.07) is 10.8. The fourth-order valence-corrected chi connectivity index (χ4v) is 3.12. The number of carbonyl (C=O) groups excluding carboxylic acids is 2. The fraction of sp³-hybridized carbons (Fsp3) is 0.333. The Labute approximate surface area is 206 Å². The number of imide groups is 1. The van der Waals surface area contributed by atoms with Gasteiger partial charge >= 0.3 is 6.09 Å². The first-order valence-corrected chi connectivity index (χ1v) is 11.0. The zero-order valence-electron chi connectivity index (χ0n) is 21.3. The third-order valence-electron chi connectivity index (χ3n) is 4.71. The summed E-state index contributed by atoms with van der Waals surface area (Å²) >= 11 is 0. The van der Waals surface area contributed by atoms with Crippen LogP contribution in [0.4, 0.5) is 4.79 Å². The average Bonchev–Trinajstić information content (AvgIpc) is 2.81. The van der Waals surface area contributed by atoms with E-state index in [0.717, 1.165) is 5.56 Å². The quantitative estimate of drug-likeness (QED) is 0.487. The van der Waals surface area contributed by atoms with Crippen LogP contribution in [0.2, 0.25) is 0 Å². The van der Waals surface area contributed by atoms with Gasteiger partial charge in [0.25, 0.3) is 5.91 Å². The van der Waals surface area contributed by atoms with Gasteiger partial charge in [0.2, 0.25) is 0 Å². The second kappa shape index (κ2) is 12.5. The normalized spacial score (nSPS) is 11.7. The minimum atomic E-state index is -0.815. The molecule has 2 aromatic rings. The Balaban J connectivity index is 2.32. The minimum absolute atomic E-state index is 0.247. The molecule has 1 N–H and O–H groups in total. The molecular formula is C27H33NO7. The first-order valence-electron chi connectivity index (χ1n) is 11.0. The molecule has 0 saturated carbocycles. The van der Waals surface area contributed by atoms with Crippen molar-refractivity contribution in [1.29, 1.82) is 0 Å². The summed E-state index contributed by atoms with van der Waals surface area (Å²) in [6.07, 6.45) is 4.79. The number of ether oxygens (including phenoxy) is 5. The van der Waals surface area contributed by atoms with E-state index in [1.54, 1.807) is 72.4 Å². The minimum Gasteiger partial charge on any atom is -0.493 e. The molecule has 2 amide bonds. The summed E-state index contributed by atoms with van der Waals surface area (Å²) in [4.78, 5) is 25.1. The molecule has 0 spiro atoms. The molecule has 0 unspecified atom stereocenters. The lowest BCUT2D eigenvalue weighted by atomic mass is 10.1. The fourth-order valence-electron chi connectivity index (χ4n) is 3.12. The summed E-state index contributed by atoms with van der Waals surface area (Å²) in [5, 5.41) is 2.30. The highest BCUT2D eigenvalue weighted by Gasteiger charge is 2.20. The molecule has 8 nitrogen and oxygen atoms in total. The van der Waals surface area contributed by atoms with Crippen LogP contribution in [0.1, 0.15) is 38.3 Å². The van der Waals surface area contributed by atoms with E-state index in [4.69, 9.17) is 23.7 Å². The maximum atomic E-state index is 12.9. The summed E-state index contributed by atoms with van der Waals surface area (Å²) in [5.74, 6) is 1.74. The van der Waals surface area contributed by atoms with Crippen molar-refractivity contribution >= 4 is 24.2 Å². The van der Waals surface area contributed by atoms with Crippen LogP contribution in [0.3, 0.4) is 0 Å². The van der Waals surface area contributed by atoms with Gasteiger partial charge in [0.1, 0.15) is 5.60 Å². The molecule has 0 aliphatic heterocycles. The molecule has 0 bridgehead atoms. The molecule has 0 aromatic heterocycles. The maximum absolute atomic E-state index is 12.9. The van der Waals surface area contributed by atoms with Crippen molar-refractivity contribution in [2.75, 3.05) is 28.4 Å². The number of allylic oxidation sites excluding steroid dienone is 1. The van der Waals surface area contributed by atoms with Crippen molar-refractivity contribution in [2.45, 2.75) is 32.8 Å². The third-order valence-corrected chi connectivity index (χ3v) is 4.71. The summed E-state index contributed by atoms with van der Waals surface area (Å²) in [6.45, 7) is 5.18. The SMILES string of the molecule is COc1ccc(/C=C\C/C(=C/c2ccc(OC)c(OC)c2)C(=O)NC(=O)OC(C)(C)C)cc1OC. The number of rotatable bonds is 9. The van der Waals surface area contributed by atoms with Gasteiger partial charge in [-0.2, -0.15) is 0 Å². The van der Waals surface area contributed by atoms with E-state index in [1.165, 1.54) is 7.11 Å². The summed E-state index contributed by atoms with van der Waals surface area (Å²) < 4.78 is 26.4. The number of hydrogen-bond donors (Lipinski definition) is 1. The lowest BCUT2D eigenvalue weighted by molar-refractivity contribution is -0.117. The Morgan fingerprint density at radius 2 is 1.31 bits per heavy atom. The van der Waals surface area contributed by atoms with E-state index in [-0.39, 0.29) is 6.42 Å². The summed E-state index contributed by atoms with van der Waals surface area (Å²) in [7, 11) is 6.22. The first kappa shape index (κ1) is 27.3. The van der Waals surface area contributed by atoms with E-state index in [0.29, 0.717) is 34.1 Å². The highest BCUT2D eigenvalue weighted by molar-refractivity contribution is 6.05. The van der Waals surface area contributed by atoms with Crippen LogP contribution in [0.25, 0.3) is 12.2 Å². The molecule has 0 heterocycles. The molecule has 0 radical (unpaired) electrons. The topological polar surface area (TPSA) is 92.3 Å². The molecule has 0 aliphatic carbocycles. The standard InChI is InChI=1S/C27H33NO7/c1-27(2,3)35-26(30)28-25(29)20(15-19-12-14-22(32-5)24(17-19)34-7)10-8-9-18-11-13-21(31-4)23(16-18)33-6/h8-9,11-17H,10H2,1-7H3,(H,28,29,30)/b9-8-,20-15-. The van der Waals surface area contributed by atoms with Crippen LogP contribution in [0.5, 0.6) is 23.0 Å². The van der Waals surface area contributed by atoms with Gasteiger partial charge in [0, 0.05) is 5.57 Å². The molecule has 2 rings (SSSR count). The predicted octanol–water partition coefficient (Wildman–Crippen LogP) is 5.26. The molecule has 0 saturated heterocycles. The third kappa shape index (κ3) is 8.41. The van der Waals surface area contributed by atoms with Crippen LogP contribution in [-0.2, 0) is 9.53 Å². The number of nitrogens with one attached hydrogen (secondary N) is 1. The van der Waals surface area contributed by atoms with Gasteiger partial charge in [-0.25, -0.2) is 4.79 Å².